The van der Waals surface area contributed by atoms with Crippen LogP contribution in [0.25, 0.3) is 0 Å². The van der Waals surface area contributed by atoms with E-state index in [0.29, 0.717) is 39.2 Å². The van der Waals surface area contributed by atoms with Crippen molar-refractivity contribution in [3.05, 3.63) is 64.5 Å². The van der Waals surface area contributed by atoms with Crippen LogP contribution in [0.1, 0.15) is 32.5 Å². The Bertz CT molecular complexity index is 999. The summed E-state index contributed by atoms with van der Waals surface area (Å²) in [5, 5.41) is 3.56. The molecule has 3 rings (SSSR count). The number of nitrogens with one attached hydrogen (secondary N) is 1. The smallest absolute Gasteiger partial charge is 0.338 e. The van der Waals surface area contributed by atoms with Crippen molar-refractivity contribution in [3.63, 3.8) is 0 Å². The number of carbonyl (C=O) groups is 2. The largest absolute Gasteiger partial charge is 0.496 e. The van der Waals surface area contributed by atoms with E-state index in [1.54, 1.807) is 55.5 Å². The van der Waals surface area contributed by atoms with Crippen molar-refractivity contribution in [1.82, 2.24) is 4.98 Å². The lowest BCUT2D eigenvalue weighted by molar-refractivity contribution is 0.0526. The van der Waals surface area contributed by atoms with E-state index in [0.717, 1.165) is 11.3 Å². The van der Waals surface area contributed by atoms with Gasteiger partial charge in [0.2, 0.25) is 5.78 Å². The molecular formula is C20H19N3O4S. The number of ketones is 1. The van der Waals surface area contributed by atoms with E-state index in [2.05, 4.69) is 10.3 Å². The maximum Gasteiger partial charge on any atom is 0.338 e. The van der Waals surface area contributed by atoms with E-state index in [4.69, 9.17) is 15.2 Å². The molecule has 0 amide bonds. The number of ether oxygens (including phenoxy) is 2. The summed E-state index contributed by atoms with van der Waals surface area (Å²) < 4.78 is 10.2. The molecule has 0 bridgehead atoms. The molecule has 144 valence electrons. The van der Waals surface area contributed by atoms with Gasteiger partial charge in [-0.2, -0.15) is 0 Å². The number of thiazole rings is 1. The molecule has 0 saturated carbocycles. The summed E-state index contributed by atoms with van der Waals surface area (Å²) in [6.07, 6.45) is 0. The number of para-hydroxylation sites is 1. The molecule has 0 fully saturated rings. The summed E-state index contributed by atoms with van der Waals surface area (Å²) in [6.45, 7) is 2.07. The van der Waals surface area contributed by atoms with Crippen LogP contribution < -0.4 is 15.8 Å². The second-order valence-electron chi connectivity index (χ2n) is 5.69. The fourth-order valence-electron chi connectivity index (χ4n) is 2.53. The summed E-state index contributed by atoms with van der Waals surface area (Å²) in [6, 6.07) is 13.7. The maximum atomic E-state index is 12.8. The number of benzene rings is 2. The lowest BCUT2D eigenvalue weighted by Gasteiger charge is -2.06. The summed E-state index contributed by atoms with van der Waals surface area (Å²) in [7, 11) is 1.51. The van der Waals surface area contributed by atoms with E-state index in [1.165, 1.54) is 7.11 Å². The number of hydrogen-bond acceptors (Lipinski definition) is 8. The Morgan fingerprint density at radius 1 is 1.14 bits per heavy atom. The van der Waals surface area contributed by atoms with Crippen LogP contribution in [-0.4, -0.2) is 30.5 Å². The number of carbonyl (C=O) groups excluding carboxylic acids is 2. The van der Waals surface area contributed by atoms with Crippen LogP contribution >= 0.6 is 11.3 Å². The Morgan fingerprint density at radius 2 is 1.86 bits per heavy atom. The normalized spacial score (nSPS) is 10.4. The van der Waals surface area contributed by atoms with E-state index in [9.17, 15) is 9.59 Å². The van der Waals surface area contributed by atoms with E-state index in [1.807, 2.05) is 0 Å². The number of anilines is 3. The van der Waals surface area contributed by atoms with Gasteiger partial charge >= 0.3 is 5.97 Å². The molecule has 0 aliphatic carbocycles. The first kappa shape index (κ1) is 19.4. The van der Waals surface area contributed by atoms with E-state index >= 15 is 0 Å². The van der Waals surface area contributed by atoms with Crippen LogP contribution in [0.2, 0.25) is 0 Å². The first-order valence-corrected chi connectivity index (χ1v) is 9.33. The molecule has 0 saturated heterocycles. The molecule has 3 aromatic rings. The van der Waals surface area contributed by atoms with Gasteiger partial charge in [0.15, 0.2) is 5.13 Å². The second-order valence-corrected chi connectivity index (χ2v) is 6.68. The predicted octanol–water partition coefficient (Wildman–Crippen LogP) is 3.89. The van der Waals surface area contributed by atoms with Crippen molar-refractivity contribution in [2.45, 2.75) is 6.92 Å². The minimum atomic E-state index is -0.378. The number of esters is 1. The van der Waals surface area contributed by atoms with Crippen LogP contribution in [0.5, 0.6) is 5.75 Å². The third-order valence-electron chi connectivity index (χ3n) is 3.86. The first-order chi connectivity index (χ1) is 13.5. The third-order valence-corrected chi connectivity index (χ3v) is 4.84. The summed E-state index contributed by atoms with van der Waals surface area (Å²) >= 11 is 1.15. The van der Waals surface area contributed by atoms with Crippen molar-refractivity contribution in [2.24, 2.45) is 0 Å². The zero-order valence-electron chi connectivity index (χ0n) is 15.4. The van der Waals surface area contributed by atoms with E-state index < -0.39 is 0 Å². The molecule has 1 heterocycles. The highest BCUT2D eigenvalue weighted by Crippen LogP contribution is 2.31. The topological polar surface area (TPSA) is 104 Å². The van der Waals surface area contributed by atoms with Crippen LogP contribution in [-0.2, 0) is 4.74 Å². The van der Waals surface area contributed by atoms with Gasteiger partial charge in [0.1, 0.15) is 16.4 Å². The monoisotopic (exact) mass is 397 g/mol. The zero-order valence-corrected chi connectivity index (χ0v) is 16.2. The van der Waals surface area contributed by atoms with Crippen molar-refractivity contribution >= 4 is 39.7 Å². The molecule has 28 heavy (non-hydrogen) atoms. The van der Waals surface area contributed by atoms with Crippen LogP contribution in [0.3, 0.4) is 0 Å². The molecule has 0 spiro atoms. The minimum Gasteiger partial charge on any atom is -0.496 e. The quantitative estimate of drug-likeness (QED) is 0.460. The number of rotatable bonds is 7. The molecular weight excluding hydrogens is 378 g/mol. The van der Waals surface area contributed by atoms with Crippen LogP contribution in [0.15, 0.2) is 48.5 Å². The number of methoxy groups -OCH3 is 1. The van der Waals surface area contributed by atoms with Crippen LogP contribution in [0.4, 0.5) is 16.6 Å². The van der Waals surface area contributed by atoms with E-state index in [-0.39, 0.29) is 17.6 Å². The number of aromatic nitrogens is 1. The molecule has 8 heteroatoms. The average molecular weight is 397 g/mol. The minimum absolute atomic E-state index is 0.145. The Labute approximate surface area is 166 Å². The van der Waals surface area contributed by atoms with Crippen molar-refractivity contribution in [2.75, 3.05) is 24.8 Å². The number of hydrogen-bond donors (Lipinski definition) is 2. The number of nitrogens with two attached hydrogens (primary N) is 1. The maximum absolute atomic E-state index is 12.8. The molecule has 0 unspecified atom stereocenters. The predicted molar refractivity (Wildman–Crippen MR) is 109 cm³/mol. The van der Waals surface area contributed by atoms with Crippen molar-refractivity contribution in [3.8, 4) is 5.75 Å². The lowest BCUT2D eigenvalue weighted by Crippen LogP contribution is -2.04. The highest BCUT2D eigenvalue weighted by Gasteiger charge is 2.21. The number of nitrogen functional groups attached to an aromatic ring is 1. The van der Waals surface area contributed by atoms with Crippen molar-refractivity contribution < 1.29 is 19.1 Å². The Kier molecular flexibility index (Phi) is 5.90. The molecule has 0 atom stereocenters. The molecule has 7 nitrogen and oxygen atoms in total. The summed E-state index contributed by atoms with van der Waals surface area (Å²) in [4.78, 5) is 29.1. The Morgan fingerprint density at radius 3 is 2.54 bits per heavy atom. The molecule has 0 aliphatic heterocycles. The molecule has 1 aromatic heterocycles. The van der Waals surface area contributed by atoms with Gasteiger partial charge in [-0.05, 0) is 43.3 Å². The van der Waals surface area contributed by atoms with Crippen LogP contribution in [0, 0.1) is 0 Å². The Hall–Kier alpha value is -3.39. The van der Waals surface area contributed by atoms with Gasteiger partial charge in [-0.15, -0.1) is 0 Å². The average Bonchev–Trinajstić information content (AvgIpc) is 3.08. The van der Waals surface area contributed by atoms with Gasteiger partial charge in [-0.25, -0.2) is 9.78 Å². The lowest BCUT2D eigenvalue weighted by atomic mass is 10.1. The molecule has 2 aromatic carbocycles. The van der Waals surface area contributed by atoms with Gasteiger partial charge < -0.3 is 20.5 Å². The standard InChI is InChI=1S/C20H19N3O4S/c1-3-27-19(25)12-8-10-13(11-9-12)22-20-23-18(21)17(28-20)16(24)14-6-4-5-7-15(14)26-2/h4-11H,3,21H2,1-2H3,(H,22,23). The summed E-state index contributed by atoms with van der Waals surface area (Å²) in [5.74, 6) is -0.00805. The summed E-state index contributed by atoms with van der Waals surface area (Å²) in [5.41, 5.74) is 7.54. The first-order valence-electron chi connectivity index (χ1n) is 8.51. The highest BCUT2D eigenvalue weighted by atomic mass is 32.1. The molecule has 0 aliphatic rings. The van der Waals surface area contributed by atoms with Gasteiger partial charge in [-0.3, -0.25) is 4.79 Å². The SMILES string of the molecule is CCOC(=O)c1ccc(Nc2nc(N)c(C(=O)c3ccccc3OC)s2)cc1. The van der Waals surface area contributed by atoms with Gasteiger partial charge in [-0.1, -0.05) is 23.5 Å². The Balaban J connectivity index is 1.79. The number of nitrogens with zero attached hydrogens (tertiary/aromatic N) is 1. The molecule has 0 radical (unpaired) electrons. The van der Waals surface area contributed by atoms with Gasteiger partial charge in [0.05, 0.1) is 24.8 Å². The van der Waals surface area contributed by atoms with Gasteiger partial charge in [0.25, 0.3) is 0 Å². The van der Waals surface area contributed by atoms with Gasteiger partial charge in [0, 0.05) is 5.69 Å². The highest BCUT2D eigenvalue weighted by molar-refractivity contribution is 7.18. The fourth-order valence-corrected chi connectivity index (χ4v) is 3.39. The second kappa shape index (κ2) is 8.53. The fraction of sp³-hybridized carbons (Fsp3) is 0.150. The molecule has 3 N–H and O–H groups in total. The van der Waals surface area contributed by atoms with Crippen molar-refractivity contribution in [1.29, 1.82) is 0 Å². The third kappa shape index (κ3) is 4.12. The zero-order chi connectivity index (χ0) is 20.1.